The summed E-state index contributed by atoms with van der Waals surface area (Å²) < 4.78 is 4.00. The van der Waals surface area contributed by atoms with Crippen LogP contribution in [0.15, 0.2) is 12.1 Å². The lowest BCUT2D eigenvalue weighted by Crippen LogP contribution is -1.93. The molecule has 1 aromatic carbocycles. The molecule has 0 amide bonds. The minimum atomic E-state index is 0.936. The molecule has 0 fully saturated rings. The zero-order valence-corrected chi connectivity index (χ0v) is 13.0. The van der Waals surface area contributed by atoms with Crippen molar-refractivity contribution in [2.45, 2.75) is 6.04 Å². The second-order valence-electron chi connectivity index (χ2n) is 2.04. The molecule has 3 radical (unpaired) electrons. The highest BCUT2D eigenvalue weighted by Crippen LogP contribution is 2.22. The van der Waals surface area contributed by atoms with Gasteiger partial charge >= 0.3 is 0 Å². The van der Waals surface area contributed by atoms with Gasteiger partial charge in [-0.3, -0.25) is 0 Å². The lowest BCUT2D eigenvalue weighted by atomic mass is 10.2. The maximum absolute atomic E-state index is 3.51. The monoisotopic (exact) mass is 497 g/mol. The van der Waals surface area contributed by atoms with E-state index in [1.54, 1.807) is 0 Å². The van der Waals surface area contributed by atoms with E-state index >= 15 is 0 Å². The van der Waals surface area contributed by atoms with Gasteiger partial charge in [0.25, 0.3) is 0 Å². The highest BCUT2D eigenvalue weighted by molar-refractivity contribution is 14.1. The molecule has 1 rings (SSSR count). The lowest BCUT2D eigenvalue weighted by Gasteiger charge is -2.03. The van der Waals surface area contributed by atoms with Crippen molar-refractivity contribution in [3.8, 4) is 0 Å². The van der Waals surface area contributed by atoms with Crippen molar-refractivity contribution >= 4 is 78.0 Å². The SMILES string of the molecule is [Si]Cc1cc(I)cc(I)c1I. The van der Waals surface area contributed by atoms with Crippen molar-refractivity contribution < 1.29 is 0 Å². The summed E-state index contributed by atoms with van der Waals surface area (Å²) in [5, 5.41) is 0. The highest BCUT2D eigenvalue weighted by Gasteiger charge is 2.02. The van der Waals surface area contributed by atoms with Crippen molar-refractivity contribution in [3.05, 3.63) is 28.4 Å². The molecule has 4 heteroatoms. The molecule has 0 spiro atoms. The van der Waals surface area contributed by atoms with Crippen LogP contribution in [0.2, 0.25) is 0 Å². The highest BCUT2D eigenvalue weighted by atomic mass is 127. The fourth-order valence-electron chi connectivity index (χ4n) is 0.738. The lowest BCUT2D eigenvalue weighted by molar-refractivity contribution is 1.33. The topological polar surface area (TPSA) is 0 Å². The zero-order valence-electron chi connectivity index (χ0n) is 5.50. The summed E-state index contributed by atoms with van der Waals surface area (Å²) >= 11 is 7.09. The molecule has 0 saturated carbocycles. The van der Waals surface area contributed by atoms with Gasteiger partial charge in [-0.2, -0.15) is 0 Å². The van der Waals surface area contributed by atoms with Crippen LogP contribution in [0.1, 0.15) is 5.56 Å². The maximum atomic E-state index is 3.51. The molecule has 11 heavy (non-hydrogen) atoms. The van der Waals surface area contributed by atoms with Crippen LogP contribution in [0.5, 0.6) is 0 Å². The van der Waals surface area contributed by atoms with Crippen molar-refractivity contribution in [1.82, 2.24) is 0 Å². The first-order valence-corrected chi connectivity index (χ1v) is 6.87. The van der Waals surface area contributed by atoms with Gasteiger partial charge in [0, 0.05) is 21.0 Å². The Morgan fingerprint density at radius 3 is 2.36 bits per heavy atom. The Bertz CT molecular complexity index is 273. The predicted molar refractivity (Wildman–Crippen MR) is 74.1 cm³/mol. The second kappa shape index (κ2) is 4.75. The van der Waals surface area contributed by atoms with Gasteiger partial charge in [-0.1, -0.05) is 0 Å². The third kappa shape index (κ3) is 2.80. The van der Waals surface area contributed by atoms with Crippen LogP contribution < -0.4 is 0 Å². The summed E-state index contributed by atoms with van der Waals surface area (Å²) in [6.45, 7) is 0. The Balaban J connectivity index is 3.24. The van der Waals surface area contributed by atoms with E-state index in [0.717, 1.165) is 6.04 Å². The zero-order chi connectivity index (χ0) is 8.43. The van der Waals surface area contributed by atoms with Crippen LogP contribution in [-0.2, 0) is 6.04 Å². The minimum Gasteiger partial charge on any atom is -0.0448 e. The fraction of sp³-hybridized carbons (Fsp3) is 0.143. The van der Waals surface area contributed by atoms with Crippen LogP contribution in [0.25, 0.3) is 0 Å². The van der Waals surface area contributed by atoms with Crippen molar-refractivity contribution in [2.24, 2.45) is 0 Å². The third-order valence-electron chi connectivity index (χ3n) is 1.26. The molecule has 0 bridgehead atoms. The Morgan fingerprint density at radius 2 is 1.82 bits per heavy atom. The van der Waals surface area contributed by atoms with Crippen molar-refractivity contribution in [1.29, 1.82) is 0 Å². The Kier molecular flexibility index (Phi) is 4.62. The summed E-state index contributed by atoms with van der Waals surface area (Å²) in [4.78, 5) is 0. The van der Waals surface area contributed by atoms with Gasteiger partial charge in [-0.25, -0.2) is 0 Å². The molecule has 1 aromatic rings. The number of hydrogen-bond donors (Lipinski definition) is 0. The normalized spacial score (nSPS) is 10.2. The Morgan fingerprint density at radius 1 is 1.18 bits per heavy atom. The van der Waals surface area contributed by atoms with E-state index in [9.17, 15) is 0 Å². The first-order chi connectivity index (χ1) is 5.15. The molecule has 0 heterocycles. The standard InChI is InChI=1S/C7H4I3Si/c8-5-1-4(3-11)7(10)6(9)2-5/h1-2H,3H2. The van der Waals surface area contributed by atoms with Gasteiger partial charge in [0.1, 0.15) is 0 Å². The molecule has 0 nitrogen and oxygen atoms in total. The number of halogens is 3. The smallest absolute Gasteiger partial charge is 0.0293 e. The molecular weight excluding hydrogens is 493 g/mol. The number of rotatable bonds is 1. The average Bonchev–Trinajstić information content (AvgIpc) is 1.96. The maximum Gasteiger partial charge on any atom is 0.0293 e. The largest absolute Gasteiger partial charge is 0.0448 e. The molecule has 0 saturated heterocycles. The van der Waals surface area contributed by atoms with Crippen LogP contribution in [0.4, 0.5) is 0 Å². The average molecular weight is 497 g/mol. The van der Waals surface area contributed by atoms with Gasteiger partial charge in [-0.05, 0) is 91.5 Å². The van der Waals surface area contributed by atoms with E-state index in [2.05, 4.69) is 90.1 Å². The molecule has 0 N–H and O–H groups in total. The van der Waals surface area contributed by atoms with E-state index in [1.165, 1.54) is 16.3 Å². The van der Waals surface area contributed by atoms with Crippen LogP contribution in [-0.4, -0.2) is 10.2 Å². The van der Waals surface area contributed by atoms with Crippen molar-refractivity contribution in [2.75, 3.05) is 0 Å². The summed E-state index contributed by atoms with van der Waals surface area (Å²) in [6, 6.07) is 5.33. The van der Waals surface area contributed by atoms with Crippen molar-refractivity contribution in [3.63, 3.8) is 0 Å². The number of benzene rings is 1. The number of hydrogen-bond acceptors (Lipinski definition) is 0. The Labute approximate surface area is 111 Å². The molecule has 0 unspecified atom stereocenters. The molecule has 0 aliphatic carbocycles. The summed E-state index contributed by atoms with van der Waals surface area (Å²) in [5.74, 6) is 0. The fourth-order valence-corrected chi connectivity index (χ4v) is 3.84. The van der Waals surface area contributed by atoms with Gasteiger partial charge in [0.2, 0.25) is 0 Å². The molecule has 0 aliphatic heterocycles. The van der Waals surface area contributed by atoms with E-state index in [4.69, 9.17) is 0 Å². The molecular formula is C7H4I3Si. The van der Waals surface area contributed by atoms with E-state index in [-0.39, 0.29) is 0 Å². The minimum absolute atomic E-state index is 0.936. The summed E-state index contributed by atoms with van der Waals surface area (Å²) in [6.07, 6.45) is 0. The van der Waals surface area contributed by atoms with E-state index in [0.29, 0.717) is 0 Å². The molecule has 0 aliphatic rings. The van der Waals surface area contributed by atoms with E-state index in [1.807, 2.05) is 0 Å². The molecule has 0 atom stereocenters. The van der Waals surface area contributed by atoms with Crippen LogP contribution in [0.3, 0.4) is 0 Å². The van der Waals surface area contributed by atoms with E-state index < -0.39 is 0 Å². The molecule has 0 aromatic heterocycles. The second-order valence-corrected chi connectivity index (χ2v) is 5.88. The molecule has 57 valence electrons. The van der Waals surface area contributed by atoms with Gasteiger partial charge < -0.3 is 0 Å². The van der Waals surface area contributed by atoms with Gasteiger partial charge in [0.05, 0.1) is 0 Å². The third-order valence-corrected chi connectivity index (χ3v) is 5.42. The first-order valence-electron chi connectivity index (χ1n) is 2.93. The van der Waals surface area contributed by atoms with Gasteiger partial charge in [-0.15, -0.1) is 0 Å². The first kappa shape index (κ1) is 10.7. The van der Waals surface area contributed by atoms with Crippen LogP contribution in [0, 0.1) is 10.7 Å². The Hall–Kier alpha value is 1.63. The summed E-state index contributed by atoms with van der Waals surface area (Å²) in [7, 11) is 3.51. The predicted octanol–water partition coefficient (Wildman–Crippen LogP) is 3.17. The van der Waals surface area contributed by atoms with Gasteiger partial charge in [0.15, 0.2) is 0 Å². The quantitative estimate of drug-likeness (QED) is 0.318. The summed E-state index contributed by atoms with van der Waals surface area (Å²) in [5.41, 5.74) is 1.37. The van der Waals surface area contributed by atoms with Crippen LogP contribution >= 0.6 is 67.8 Å².